The van der Waals surface area contributed by atoms with Crippen LogP contribution in [0.2, 0.25) is 0 Å². The first-order valence-corrected chi connectivity index (χ1v) is 5.71. The molecule has 1 aromatic heterocycles. The Morgan fingerprint density at radius 3 is 2.69 bits per heavy atom. The van der Waals surface area contributed by atoms with Gasteiger partial charge in [0.1, 0.15) is 10.5 Å². The van der Waals surface area contributed by atoms with E-state index in [0.29, 0.717) is 5.92 Å². The maximum Gasteiger partial charge on any atom is 0.120 e. The average molecular weight is 197 g/mol. The molecule has 1 fully saturated rings. The number of hydrogen-bond donors (Lipinski definition) is 1. The smallest absolute Gasteiger partial charge is 0.120 e. The summed E-state index contributed by atoms with van der Waals surface area (Å²) in [5, 5.41) is 12.6. The van der Waals surface area contributed by atoms with Crippen LogP contribution in [0.25, 0.3) is 0 Å². The summed E-state index contributed by atoms with van der Waals surface area (Å²) < 4.78 is 0. The Morgan fingerprint density at radius 2 is 2.15 bits per heavy atom. The van der Waals surface area contributed by atoms with Crippen molar-refractivity contribution in [1.82, 2.24) is 15.5 Å². The highest BCUT2D eigenvalue weighted by Crippen LogP contribution is 2.33. The molecule has 0 bridgehead atoms. The molecule has 0 aliphatic heterocycles. The van der Waals surface area contributed by atoms with Crippen LogP contribution in [0.5, 0.6) is 0 Å². The minimum absolute atomic E-state index is 0.678. The Hall–Kier alpha value is -0.480. The molecule has 0 unspecified atom stereocenters. The molecule has 3 nitrogen and oxygen atoms in total. The third kappa shape index (κ3) is 2.06. The highest BCUT2D eigenvalue weighted by Gasteiger charge is 2.22. The molecular formula is C9H15N3S. The van der Waals surface area contributed by atoms with Crippen molar-refractivity contribution in [3.63, 3.8) is 0 Å². The first-order chi connectivity index (χ1) is 6.40. The Balaban J connectivity index is 1.92. The highest BCUT2D eigenvalue weighted by molar-refractivity contribution is 7.09. The van der Waals surface area contributed by atoms with E-state index in [1.54, 1.807) is 11.3 Å². The molecule has 0 spiro atoms. The number of hydrogen-bond acceptors (Lipinski definition) is 4. The van der Waals surface area contributed by atoms with Crippen molar-refractivity contribution in [2.24, 2.45) is 0 Å². The first kappa shape index (κ1) is 9.09. The van der Waals surface area contributed by atoms with E-state index in [1.807, 2.05) is 5.51 Å². The molecule has 1 aliphatic rings. The second-order valence-corrected chi connectivity index (χ2v) is 4.48. The van der Waals surface area contributed by atoms with Gasteiger partial charge >= 0.3 is 0 Å². The van der Waals surface area contributed by atoms with Gasteiger partial charge in [0, 0.05) is 12.0 Å². The molecule has 1 saturated carbocycles. The zero-order chi connectivity index (χ0) is 9.10. The number of nitrogens with zero attached hydrogens (tertiary/aromatic N) is 2. The molecule has 0 amide bonds. The van der Waals surface area contributed by atoms with Crippen LogP contribution in [0.15, 0.2) is 5.51 Å². The summed E-state index contributed by atoms with van der Waals surface area (Å²) in [6.45, 7) is 0. The van der Waals surface area contributed by atoms with E-state index in [9.17, 15) is 0 Å². The van der Waals surface area contributed by atoms with Crippen LogP contribution in [0.1, 0.15) is 36.6 Å². The predicted octanol–water partition coefficient (Wildman–Crippen LogP) is 1.78. The Bertz CT molecular complexity index is 239. The van der Waals surface area contributed by atoms with Crippen LogP contribution >= 0.6 is 11.3 Å². The van der Waals surface area contributed by atoms with Crippen molar-refractivity contribution in [3.8, 4) is 0 Å². The molecule has 2 rings (SSSR count). The van der Waals surface area contributed by atoms with Gasteiger partial charge in [0.05, 0.1) is 0 Å². The quantitative estimate of drug-likeness (QED) is 0.785. The van der Waals surface area contributed by atoms with Gasteiger partial charge in [-0.2, -0.15) is 0 Å². The Morgan fingerprint density at radius 1 is 1.38 bits per heavy atom. The molecule has 4 heteroatoms. The molecule has 1 heterocycles. The van der Waals surface area contributed by atoms with Gasteiger partial charge in [0.15, 0.2) is 0 Å². The predicted molar refractivity (Wildman–Crippen MR) is 54.0 cm³/mol. The third-order valence-corrected chi connectivity index (χ3v) is 3.72. The fourth-order valence-electron chi connectivity index (χ4n) is 1.99. The molecule has 0 atom stereocenters. The lowest BCUT2D eigenvalue weighted by molar-refractivity contribution is 0.357. The summed E-state index contributed by atoms with van der Waals surface area (Å²) in [6, 6.07) is 0.726. The summed E-state index contributed by atoms with van der Waals surface area (Å²) in [5.41, 5.74) is 1.83. The summed E-state index contributed by atoms with van der Waals surface area (Å²) >= 11 is 1.70. The molecule has 1 N–H and O–H groups in total. The molecule has 1 aliphatic carbocycles. The number of nitrogens with one attached hydrogen (secondary N) is 1. The summed E-state index contributed by atoms with van der Waals surface area (Å²) in [4.78, 5) is 0. The van der Waals surface area contributed by atoms with Gasteiger partial charge in [-0.25, -0.2) is 0 Å². The zero-order valence-corrected chi connectivity index (χ0v) is 8.68. The summed E-state index contributed by atoms with van der Waals surface area (Å²) in [6.07, 6.45) is 5.09. The second kappa shape index (κ2) is 4.15. The lowest BCUT2D eigenvalue weighted by atomic mass is 9.86. The monoisotopic (exact) mass is 197 g/mol. The van der Waals surface area contributed by atoms with E-state index in [0.717, 1.165) is 6.04 Å². The molecule has 72 valence electrons. The summed E-state index contributed by atoms with van der Waals surface area (Å²) in [5.74, 6) is 0.678. The van der Waals surface area contributed by atoms with Gasteiger partial charge in [-0.3, -0.25) is 0 Å². The first-order valence-electron chi connectivity index (χ1n) is 4.83. The fraction of sp³-hybridized carbons (Fsp3) is 0.778. The highest BCUT2D eigenvalue weighted by atomic mass is 32.1. The second-order valence-electron chi connectivity index (χ2n) is 3.61. The van der Waals surface area contributed by atoms with Gasteiger partial charge in [-0.05, 0) is 32.7 Å². The van der Waals surface area contributed by atoms with Crippen LogP contribution in [0.3, 0.4) is 0 Å². The van der Waals surface area contributed by atoms with Gasteiger partial charge in [0.25, 0.3) is 0 Å². The van der Waals surface area contributed by atoms with E-state index < -0.39 is 0 Å². The van der Waals surface area contributed by atoms with Crippen LogP contribution in [0.4, 0.5) is 0 Å². The van der Waals surface area contributed by atoms with Crippen LogP contribution in [-0.4, -0.2) is 23.3 Å². The lowest BCUT2D eigenvalue weighted by Gasteiger charge is -2.26. The topological polar surface area (TPSA) is 37.8 Å². The Labute approximate surface area is 82.6 Å². The molecular weight excluding hydrogens is 182 g/mol. The van der Waals surface area contributed by atoms with E-state index >= 15 is 0 Å². The van der Waals surface area contributed by atoms with Crippen LogP contribution < -0.4 is 5.32 Å². The minimum atomic E-state index is 0.678. The van der Waals surface area contributed by atoms with Crippen molar-refractivity contribution in [1.29, 1.82) is 0 Å². The van der Waals surface area contributed by atoms with Crippen LogP contribution in [-0.2, 0) is 0 Å². The maximum absolute atomic E-state index is 4.14. The van der Waals surface area contributed by atoms with E-state index in [1.165, 1.54) is 30.7 Å². The standard InChI is InChI=1S/C9H15N3S/c1-10-8-4-2-7(3-5-8)9-12-11-6-13-9/h6-8,10H,2-5H2,1H3. The molecule has 0 radical (unpaired) electrons. The molecule has 0 aromatic carbocycles. The van der Waals surface area contributed by atoms with Gasteiger partial charge in [0.2, 0.25) is 0 Å². The van der Waals surface area contributed by atoms with Crippen molar-refractivity contribution in [3.05, 3.63) is 10.5 Å². The largest absolute Gasteiger partial charge is 0.317 e. The van der Waals surface area contributed by atoms with Gasteiger partial charge in [-0.1, -0.05) is 0 Å². The average Bonchev–Trinajstić information content (AvgIpc) is 2.71. The van der Waals surface area contributed by atoms with Crippen molar-refractivity contribution in [2.45, 2.75) is 37.6 Å². The number of rotatable bonds is 2. The lowest BCUT2D eigenvalue weighted by Crippen LogP contribution is -2.29. The van der Waals surface area contributed by atoms with Gasteiger partial charge in [-0.15, -0.1) is 21.5 Å². The zero-order valence-electron chi connectivity index (χ0n) is 7.86. The number of aromatic nitrogens is 2. The fourth-order valence-corrected chi connectivity index (χ4v) is 2.71. The SMILES string of the molecule is CNC1CCC(c2nncs2)CC1. The molecule has 13 heavy (non-hydrogen) atoms. The van der Waals surface area contributed by atoms with Crippen molar-refractivity contribution < 1.29 is 0 Å². The van der Waals surface area contributed by atoms with Crippen molar-refractivity contribution >= 4 is 11.3 Å². The Kier molecular flexibility index (Phi) is 2.90. The molecule has 1 aromatic rings. The van der Waals surface area contributed by atoms with Crippen molar-refractivity contribution in [2.75, 3.05) is 7.05 Å². The van der Waals surface area contributed by atoms with E-state index in [2.05, 4.69) is 22.6 Å². The van der Waals surface area contributed by atoms with Gasteiger partial charge < -0.3 is 5.32 Å². The van der Waals surface area contributed by atoms with Crippen LogP contribution in [0, 0.1) is 0 Å². The van der Waals surface area contributed by atoms with E-state index in [4.69, 9.17) is 0 Å². The minimum Gasteiger partial charge on any atom is -0.317 e. The summed E-state index contributed by atoms with van der Waals surface area (Å²) in [7, 11) is 2.05. The third-order valence-electron chi connectivity index (χ3n) is 2.86. The maximum atomic E-state index is 4.14. The normalized spacial score (nSPS) is 29.0. The molecule has 0 saturated heterocycles. The van der Waals surface area contributed by atoms with E-state index in [-0.39, 0.29) is 0 Å².